The Labute approximate surface area is 158 Å². The molecule has 3 aromatic rings. The molecule has 0 saturated carbocycles. The minimum atomic E-state index is -0.884. The summed E-state index contributed by atoms with van der Waals surface area (Å²) >= 11 is 0. The number of benzene rings is 2. The quantitative estimate of drug-likeness (QED) is 0.638. The Kier molecular flexibility index (Phi) is 5.30. The number of nitrogens with one attached hydrogen (secondary N) is 2. The number of phenols is 1. The summed E-state index contributed by atoms with van der Waals surface area (Å²) in [5, 5.41) is 15.1. The topological polar surface area (TPSA) is 91.3 Å². The van der Waals surface area contributed by atoms with Gasteiger partial charge in [0.15, 0.2) is 0 Å². The number of hydrogen-bond acceptors (Lipinski definition) is 4. The van der Waals surface area contributed by atoms with Gasteiger partial charge >= 0.3 is 0 Å². The predicted molar refractivity (Wildman–Crippen MR) is 99.3 cm³/mol. The van der Waals surface area contributed by atoms with Crippen LogP contribution in [-0.2, 0) is 0 Å². The third-order valence-electron chi connectivity index (χ3n) is 3.75. The second-order valence-electron chi connectivity index (χ2n) is 5.96. The van der Waals surface area contributed by atoms with Crippen LogP contribution >= 0.6 is 0 Å². The highest BCUT2D eigenvalue weighted by atomic mass is 19.1. The lowest BCUT2D eigenvalue weighted by Gasteiger charge is -2.10. The van der Waals surface area contributed by atoms with Crippen LogP contribution in [0.3, 0.4) is 0 Å². The van der Waals surface area contributed by atoms with Crippen LogP contribution in [0.5, 0.6) is 5.75 Å². The molecule has 8 heteroatoms. The molecule has 0 radical (unpaired) electrons. The van der Waals surface area contributed by atoms with Crippen molar-refractivity contribution in [1.82, 2.24) is 4.98 Å². The van der Waals surface area contributed by atoms with Gasteiger partial charge in [0.05, 0.1) is 5.56 Å². The first kappa shape index (κ1) is 19.0. The number of halogens is 2. The summed E-state index contributed by atoms with van der Waals surface area (Å²) < 4.78 is 26.5. The van der Waals surface area contributed by atoms with Crippen LogP contribution in [0.2, 0.25) is 0 Å². The Hall–Kier alpha value is -3.81. The number of rotatable bonds is 4. The first-order valence-electron chi connectivity index (χ1n) is 8.17. The maximum absolute atomic E-state index is 13.2. The van der Waals surface area contributed by atoms with Gasteiger partial charge in [-0.25, -0.2) is 13.8 Å². The number of aryl methyl sites for hydroxylation is 1. The number of nitrogens with zero attached hydrogens (tertiary/aromatic N) is 1. The van der Waals surface area contributed by atoms with E-state index in [9.17, 15) is 23.5 Å². The van der Waals surface area contributed by atoms with Crippen molar-refractivity contribution in [2.24, 2.45) is 0 Å². The van der Waals surface area contributed by atoms with Crippen molar-refractivity contribution in [3.05, 3.63) is 83.1 Å². The van der Waals surface area contributed by atoms with Crippen LogP contribution < -0.4 is 10.6 Å². The molecule has 3 rings (SSSR count). The molecule has 0 fully saturated rings. The second kappa shape index (κ2) is 7.83. The van der Waals surface area contributed by atoms with E-state index in [-0.39, 0.29) is 22.6 Å². The van der Waals surface area contributed by atoms with Crippen LogP contribution in [0.4, 0.5) is 20.3 Å². The van der Waals surface area contributed by atoms with E-state index >= 15 is 0 Å². The summed E-state index contributed by atoms with van der Waals surface area (Å²) in [5.41, 5.74) is 0.619. The molecule has 0 atom stereocenters. The molecule has 6 nitrogen and oxygen atoms in total. The van der Waals surface area contributed by atoms with E-state index in [2.05, 4.69) is 15.6 Å². The number of carbonyl (C=O) groups excluding carboxylic acids is 2. The summed E-state index contributed by atoms with van der Waals surface area (Å²) in [7, 11) is 0. The number of aromatic nitrogens is 1. The smallest absolute Gasteiger partial charge is 0.260 e. The van der Waals surface area contributed by atoms with Crippen molar-refractivity contribution in [1.29, 1.82) is 0 Å². The number of pyridine rings is 1. The molecule has 0 saturated heterocycles. The van der Waals surface area contributed by atoms with Gasteiger partial charge in [-0.15, -0.1) is 0 Å². The first-order valence-corrected chi connectivity index (χ1v) is 8.17. The van der Waals surface area contributed by atoms with Crippen LogP contribution in [0.1, 0.15) is 26.4 Å². The zero-order chi connectivity index (χ0) is 20.3. The van der Waals surface area contributed by atoms with Crippen LogP contribution in [0.25, 0.3) is 0 Å². The Morgan fingerprint density at radius 3 is 2.29 bits per heavy atom. The van der Waals surface area contributed by atoms with Gasteiger partial charge in [-0.05, 0) is 43.3 Å². The molecule has 28 heavy (non-hydrogen) atoms. The molecule has 2 amide bonds. The molecule has 0 spiro atoms. The van der Waals surface area contributed by atoms with Gasteiger partial charge in [0.2, 0.25) is 0 Å². The molecule has 1 aromatic heterocycles. The Morgan fingerprint density at radius 2 is 1.64 bits per heavy atom. The van der Waals surface area contributed by atoms with Crippen molar-refractivity contribution in [3.8, 4) is 5.75 Å². The minimum absolute atomic E-state index is 0.0295. The van der Waals surface area contributed by atoms with E-state index < -0.39 is 23.4 Å². The molecule has 0 aliphatic heterocycles. The van der Waals surface area contributed by atoms with Crippen molar-refractivity contribution in [2.75, 3.05) is 10.6 Å². The van der Waals surface area contributed by atoms with Crippen LogP contribution in [0, 0.1) is 18.6 Å². The predicted octanol–water partition coefficient (Wildman–Crippen LogP) is 3.88. The van der Waals surface area contributed by atoms with Gasteiger partial charge < -0.3 is 15.7 Å². The van der Waals surface area contributed by atoms with Gasteiger partial charge in [-0.3, -0.25) is 9.59 Å². The Morgan fingerprint density at radius 1 is 0.929 bits per heavy atom. The summed E-state index contributed by atoms with van der Waals surface area (Å²) in [6.07, 6.45) is 0. The molecule has 0 aliphatic carbocycles. The maximum Gasteiger partial charge on any atom is 0.260 e. The van der Waals surface area contributed by atoms with Crippen molar-refractivity contribution >= 4 is 23.3 Å². The lowest BCUT2D eigenvalue weighted by Crippen LogP contribution is -2.15. The monoisotopic (exact) mass is 383 g/mol. The fraction of sp³-hybridized carbons (Fsp3) is 0.0500. The average molecular weight is 383 g/mol. The Balaban J connectivity index is 1.74. The molecule has 2 aromatic carbocycles. The number of phenolic OH excluding ortho intramolecular Hbond substituents is 1. The van der Waals surface area contributed by atoms with Crippen molar-refractivity contribution in [2.45, 2.75) is 6.92 Å². The van der Waals surface area contributed by atoms with E-state index in [0.29, 0.717) is 17.6 Å². The van der Waals surface area contributed by atoms with Gasteiger partial charge in [0.25, 0.3) is 11.8 Å². The number of anilines is 2. The normalized spacial score (nSPS) is 10.4. The van der Waals surface area contributed by atoms with Gasteiger partial charge in [0.1, 0.15) is 23.2 Å². The van der Waals surface area contributed by atoms with E-state index in [0.717, 1.165) is 18.2 Å². The fourth-order valence-corrected chi connectivity index (χ4v) is 2.49. The molecule has 1 heterocycles. The zero-order valence-electron chi connectivity index (χ0n) is 14.7. The molecule has 0 unspecified atom stereocenters. The van der Waals surface area contributed by atoms with Crippen molar-refractivity contribution < 1.29 is 23.5 Å². The Bertz CT molecular complexity index is 1050. The van der Waals surface area contributed by atoms with Gasteiger partial charge in [-0.1, -0.05) is 6.07 Å². The first-order chi connectivity index (χ1) is 13.3. The highest BCUT2D eigenvalue weighted by Gasteiger charge is 2.15. The summed E-state index contributed by atoms with van der Waals surface area (Å²) in [4.78, 5) is 28.5. The van der Waals surface area contributed by atoms with Crippen LogP contribution in [-0.4, -0.2) is 21.9 Å². The highest BCUT2D eigenvalue weighted by molar-refractivity contribution is 6.07. The standard InChI is InChI=1S/C20H15F2N3O3/c1-11-3-2-4-18(23-11)25-20(28)16-6-5-15(10-17(16)26)24-19(27)12-7-13(21)9-14(22)8-12/h2-10,26H,1H3,(H,24,27)(H,23,25,28). The largest absolute Gasteiger partial charge is 0.507 e. The van der Waals surface area contributed by atoms with Gasteiger partial charge in [0, 0.05) is 29.1 Å². The highest BCUT2D eigenvalue weighted by Crippen LogP contribution is 2.23. The average Bonchev–Trinajstić information content (AvgIpc) is 2.60. The molecule has 3 N–H and O–H groups in total. The van der Waals surface area contributed by atoms with Crippen LogP contribution in [0.15, 0.2) is 54.6 Å². The van der Waals surface area contributed by atoms with Crippen molar-refractivity contribution in [3.63, 3.8) is 0 Å². The van der Waals surface area contributed by atoms with E-state index in [4.69, 9.17) is 0 Å². The summed E-state index contributed by atoms with van der Waals surface area (Å²) in [6, 6.07) is 11.4. The molecular formula is C20H15F2N3O3. The molecule has 142 valence electrons. The number of carbonyl (C=O) groups is 2. The van der Waals surface area contributed by atoms with E-state index in [1.54, 1.807) is 25.1 Å². The second-order valence-corrected chi connectivity index (χ2v) is 5.96. The number of amides is 2. The molecule has 0 bridgehead atoms. The van der Waals surface area contributed by atoms with E-state index in [1.165, 1.54) is 12.1 Å². The molecular weight excluding hydrogens is 368 g/mol. The summed E-state index contributed by atoms with van der Waals surface area (Å²) in [5.74, 6) is -3.17. The number of hydrogen-bond donors (Lipinski definition) is 3. The molecule has 0 aliphatic rings. The van der Waals surface area contributed by atoms with Gasteiger partial charge in [-0.2, -0.15) is 0 Å². The fourth-order valence-electron chi connectivity index (χ4n) is 2.49. The SMILES string of the molecule is Cc1cccc(NC(=O)c2ccc(NC(=O)c3cc(F)cc(F)c3)cc2O)n1. The maximum atomic E-state index is 13.2. The zero-order valence-corrected chi connectivity index (χ0v) is 14.7. The summed E-state index contributed by atoms with van der Waals surface area (Å²) in [6.45, 7) is 1.77. The minimum Gasteiger partial charge on any atom is -0.507 e. The lowest BCUT2D eigenvalue weighted by molar-refractivity contribution is 0.101. The lowest BCUT2D eigenvalue weighted by atomic mass is 10.1. The number of aromatic hydroxyl groups is 1. The third-order valence-corrected chi connectivity index (χ3v) is 3.75. The third kappa shape index (κ3) is 4.47. The van der Waals surface area contributed by atoms with E-state index in [1.807, 2.05) is 0 Å².